The first-order chi connectivity index (χ1) is 9.11. The van der Waals surface area contributed by atoms with Gasteiger partial charge in [-0.05, 0) is 17.7 Å². The van der Waals surface area contributed by atoms with Crippen LogP contribution in [0.15, 0.2) is 18.2 Å². The standard InChI is InChI=1S/C14H18F2N2O/c15-11-5-10(6-12(16)8-11)7-14(19)13-9-17-1-3-18(13)4-2-17/h5-6,8,13-14,19H,1-4,7,9H2. The lowest BCUT2D eigenvalue weighted by Gasteiger charge is -2.49. The topological polar surface area (TPSA) is 26.7 Å². The van der Waals surface area contributed by atoms with E-state index in [0.717, 1.165) is 38.8 Å². The van der Waals surface area contributed by atoms with Gasteiger partial charge in [0.25, 0.3) is 0 Å². The molecular formula is C14H18F2N2O. The number of hydrogen-bond acceptors (Lipinski definition) is 3. The molecule has 0 spiro atoms. The Hall–Kier alpha value is -1.04. The minimum Gasteiger partial charge on any atom is -0.391 e. The summed E-state index contributed by atoms with van der Waals surface area (Å²) in [6.07, 6.45) is -0.284. The molecule has 3 saturated heterocycles. The molecule has 0 saturated carbocycles. The molecule has 0 radical (unpaired) electrons. The maximum Gasteiger partial charge on any atom is 0.126 e. The maximum atomic E-state index is 13.1. The summed E-state index contributed by atoms with van der Waals surface area (Å²) in [4.78, 5) is 4.61. The van der Waals surface area contributed by atoms with Crippen molar-refractivity contribution in [1.82, 2.24) is 9.80 Å². The van der Waals surface area contributed by atoms with Crippen molar-refractivity contribution in [3.63, 3.8) is 0 Å². The van der Waals surface area contributed by atoms with E-state index >= 15 is 0 Å². The molecule has 5 heteroatoms. The fourth-order valence-corrected chi connectivity index (χ4v) is 3.13. The van der Waals surface area contributed by atoms with Crippen molar-refractivity contribution in [2.45, 2.75) is 18.6 Å². The molecule has 4 rings (SSSR count). The second kappa shape index (κ2) is 5.15. The molecule has 2 bridgehead atoms. The normalized spacial score (nSPS) is 31.4. The van der Waals surface area contributed by atoms with Gasteiger partial charge in [-0.2, -0.15) is 0 Å². The van der Waals surface area contributed by atoms with Gasteiger partial charge in [0.05, 0.1) is 6.10 Å². The van der Waals surface area contributed by atoms with E-state index in [-0.39, 0.29) is 6.04 Å². The number of aliphatic hydroxyl groups excluding tert-OH is 1. The van der Waals surface area contributed by atoms with Crippen molar-refractivity contribution in [2.75, 3.05) is 32.7 Å². The Bertz CT molecular complexity index is 441. The zero-order valence-corrected chi connectivity index (χ0v) is 10.7. The van der Waals surface area contributed by atoms with E-state index in [1.54, 1.807) is 0 Å². The zero-order valence-electron chi connectivity index (χ0n) is 10.7. The summed E-state index contributed by atoms with van der Waals surface area (Å²) in [7, 11) is 0. The van der Waals surface area contributed by atoms with Crippen LogP contribution in [-0.2, 0) is 6.42 Å². The van der Waals surface area contributed by atoms with E-state index in [2.05, 4.69) is 9.80 Å². The Morgan fingerprint density at radius 1 is 1.11 bits per heavy atom. The van der Waals surface area contributed by atoms with Crippen LogP contribution in [0.4, 0.5) is 8.78 Å². The van der Waals surface area contributed by atoms with Crippen molar-refractivity contribution in [1.29, 1.82) is 0 Å². The molecule has 1 aromatic rings. The average molecular weight is 268 g/mol. The molecule has 19 heavy (non-hydrogen) atoms. The predicted octanol–water partition coefficient (Wildman–Crippen LogP) is 0.868. The Balaban J connectivity index is 1.69. The van der Waals surface area contributed by atoms with Gasteiger partial charge in [0, 0.05) is 51.3 Å². The maximum absolute atomic E-state index is 13.1. The highest BCUT2D eigenvalue weighted by Gasteiger charge is 2.35. The monoisotopic (exact) mass is 268 g/mol. The summed E-state index contributed by atoms with van der Waals surface area (Å²) >= 11 is 0. The minimum absolute atomic E-state index is 0.0776. The third-order valence-corrected chi connectivity index (χ3v) is 4.13. The van der Waals surface area contributed by atoms with Gasteiger partial charge in [-0.25, -0.2) is 8.78 Å². The Morgan fingerprint density at radius 3 is 2.26 bits per heavy atom. The van der Waals surface area contributed by atoms with Gasteiger partial charge in [-0.1, -0.05) is 0 Å². The van der Waals surface area contributed by atoms with Gasteiger partial charge in [0.1, 0.15) is 11.6 Å². The predicted molar refractivity (Wildman–Crippen MR) is 67.9 cm³/mol. The van der Waals surface area contributed by atoms with Crippen LogP contribution in [0.25, 0.3) is 0 Å². The summed E-state index contributed by atoms with van der Waals surface area (Å²) in [6, 6.07) is 3.52. The molecule has 0 aliphatic carbocycles. The number of rotatable bonds is 3. The van der Waals surface area contributed by atoms with Crippen LogP contribution in [0.2, 0.25) is 0 Å². The highest BCUT2D eigenvalue weighted by atomic mass is 19.1. The van der Waals surface area contributed by atoms with E-state index < -0.39 is 17.7 Å². The first-order valence-corrected chi connectivity index (χ1v) is 6.71. The third kappa shape index (κ3) is 2.78. The molecule has 3 aliphatic rings. The second-order valence-electron chi connectivity index (χ2n) is 5.45. The number of hydrogen-bond donors (Lipinski definition) is 1. The van der Waals surface area contributed by atoms with Crippen molar-refractivity contribution >= 4 is 0 Å². The molecule has 1 N–H and O–H groups in total. The SMILES string of the molecule is OC(Cc1cc(F)cc(F)c1)C1CN2CCN1CC2. The van der Waals surface area contributed by atoms with Crippen LogP contribution in [0, 0.1) is 11.6 Å². The Morgan fingerprint density at radius 2 is 1.74 bits per heavy atom. The fourth-order valence-electron chi connectivity index (χ4n) is 3.13. The van der Waals surface area contributed by atoms with E-state index in [1.165, 1.54) is 12.1 Å². The first-order valence-electron chi connectivity index (χ1n) is 6.71. The van der Waals surface area contributed by atoms with Gasteiger partial charge in [0.15, 0.2) is 0 Å². The molecule has 0 aromatic heterocycles. The van der Waals surface area contributed by atoms with Crippen LogP contribution >= 0.6 is 0 Å². The molecular weight excluding hydrogens is 250 g/mol. The smallest absolute Gasteiger partial charge is 0.126 e. The average Bonchev–Trinajstić information content (AvgIpc) is 2.38. The third-order valence-electron chi connectivity index (χ3n) is 4.13. The molecule has 2 unspecified atom stereocenters. The van der Waals surface area contributed by atoms with Crippen LogP contribution in [-0.4, -0.2) is 59.8 Å². The van der Waals surface area contributed by atoms with Crippen molar-refractivity contribution < 1.29 is 13.9 Å². The molecule has 1 aromatic carbocycles. The molecule has 3 aliphatic heterocycles. The minimum atomic E-state index is -0.587. The molecule has 3 nitrogen and oxygen atoms in total. The Labute approximate surface area is 111 Å². The van der Waals surface area contributed by atoms with Crippen molar-refractivity contribution in [2.24, 2.45) is 0 Å². The van der Waals surface area contributed by atoms with Crippen LogP contribution in [0.5, 0.6) is 0 Å². The second-order valence-corrected chi connectivity index (χ2v) is 5.45. The first kappa shape index (κ1) is 13.0. The number of piperazine rings is 3. The zero-order chi connectivity index (χ0) is 13.4. The number of halogens is 2. The van der Waals surface area contributed by atoms with Gasteiger partial charge >= 0.3 is 0 Å². The lowest BCUT2D eigenvalue weighted by atomic mass is 9.96. The Kier molecular flexibility index (Phi) is 3.52. The highest BCUT2D eigenvalue weighted by Crippen LogP contribution is 2.21. The highest BCUT2D eigenvalue weighted by molar-refractivity contribution is 5.19. The summed E-state index contributed by atoms with van der Waals surface area (Å²) in [5, 5.41) is 10.3. The van der Waals surface area contributed by atoms with Crippen molar-refractivity contribution in [3.8, 4) is 0 Å². The number of nitrogens with zero attached hydrogens (tertiary/aromatic N) is 2. The van der Waals surface area contributed by atoms with E-state index in [9.17, 15) is 13.9 Å². The van der Waals surface area contributed by atoms with Crippen molar-refractivity contribution in [3.05, 3.63) is 35.4 Å². The quantitative estimate of drug-likeness (QED) is 0.881. The fraction of sp³-hybridized carbons (Fsp3) is 0.571. The van der Waals surface area contributed by atoms with Crippen LogP contribution in [0.1, 0.15) is 5.56 Å². The van der Waals surface area contributed by atoms with E-state index in [0.29, 0.717) is 12.0 Å². The number of benzene rings is 1. The molecule has 3 heterocycles. The van der Waals surface area contributed by atoms with Gasteiger partial charge in [0.2, 0.25) is 0 Å². The lowest BCUT2D eigenvalue weighted by molar-refractivity contribution is -0.0453. The summed E-state index contributed by atoms with van der Waals surface area (Å²) in [5.74, 6) is -1.17. The van der Waals surface area contributed by atoms with E-state index in [1.807, 2.05) is 0 Å². The summed E-state index contributed by atoms with van der Waals surface area (Å²) in [6.45, 7) is 4.90. The molecule has 104 valence electrons. The van der Waals surface area contributed by atoms with Gasteiger partial charge < -0.3 is 5.11 Å². The largest absolute Gasteiger partial charge is 0.391 e. The lowest BCUT2D eigenvalue weighted by Crippen LogP contribution is -2.64. The van der Waals surface area contributed by atoms with Crippen LogP contribution in [0.3, 0.4) is 0 Å². The van der Waals surface area contributed by atoms with Gasteiger partial charge in [-0.3, -0.25) is 9.80 Å². The summed E-state index contributed by atoms with van der Waals surface area (Å²) in [5.41, 5.74) is 0.516. The molecule has 0 amide bonds. The van der Waals surface area contributed by atoms with E-state index in [4.69, 9.17) is 0 Å². The summed E-state index contributed by atoms with van der Waals surface area (Å²) < 4.78 is 26.3. The van der Waals surface area contributed by atoms with Gasteiger partial charge in [-0.15, -0.1) is 0 Å². The number of aliphatic hydroxyl groups is 1. The van der Waals surface area contributed by atoms with Crippen LogP contribution < -0.4 is 0 Å². The number of fused-ring (bicyclic) bond motifs is 3. The molecule has 2 atom stereocenters. The molecule has 3 fully saturated rings.